The predicted octanol–water partition coefficient (Wildman–Crippen LogP) is 4.28. The van der Waals surface area contributed by atoms with Crippen LogP contribution in [0.5, 0.6) is 0 Å². The zero-order valence-corrected chi connectivity index (χ0v) is 16.6. The molecule has 0 radical (unpaired) electrons. The molecule has 0 aromatic heterocycles. The highest BCUT2D eigenvalue weighted by atomic mass is 35.5. The number of aldehydes is 1. The number of rotatable bonds is 7. The van der Waals surface area contributed by atoms with Crippen molar-refractivity contribution in [3.63, 3.8) is 0 Å². The predicted molar refractivity (Wildman–Crippen MR) is 112 cm³/mol. The summed E-state index contributed by atoms with van der Waals surface area (Å²) in [5.74, 6) is 1.08. The molecule has 0 bridgehead atoms. The third-order valence-electron chi connectivity index (χ3n) is 4.74. The number of halogens is 1. The summed E-state index contributed by atoms with van der Waals surface area (Å²) in [6, 6.07) is 15.3. The number of anilines is 1. The molecule has 4 nitrogen and oxygen atoms in total. The van der Waals surface area contributed by atoms with Gasteiger partial charge in [0.15, 0.2) is 0 Å². The first-order valence-electron chi connectivity index (χ1n) is 9.12. The Labute approximate surface area is 169 Å². The normalized spacial score (nSPS) is 14.8. The van der Waals surface area contributed by atoms with Gasteiger partial charge in [0.25, 0.3) is 0 Å². The van der Waals surface area contributed by atoms with Crippen LogP contribution in [0.2, 0.25) is 5.02 Å². The van der Waals surface area contributed by atoms with Crippen LogP contribution in [-0.2, 0) is 4.79 Å². The number of nitrogens with one attached hydrogen (secondary N) is 1. The lowest BCUT2D eigenvalue weighted by Crippen LogP contribution is -2.41. The maximum atomic E-state index is 12.4. The molecule has 2 aromatic carbocycles. The average Bonchev–Trinajstić information content (AvgIpc) is 2.72. The van der Waals surface area contributed by atoms with E-state index in [0.717, 1.165) is 53.6 Å². The van der Waals surface area contributed by atoms with E-state index in [0.29, 0.717) is 12.1 Å². The summed E-state index contributed by atoms with van der Waals surface area (Å²) in [5.41, 5.74) is 1.79. The van der Waals surface area contributed by atoms with Crippen molar-refractivity contribution in [2.24, 2.45) is 5.92 Å². The van der Waals surface area contributed by atoms with Gasteiger partial charge in [0.1, 0.15) is 6.29 Å². The second-order valence-corrected chi connectivity index (χ2v) is 8.17. The fourth-order valence-corrected chi connectivity index (χ4v) is 4.08. The molecule has 1 aliphatic heterocycles. The number of hydrogen-bond donors (Lipinski definition) is 1. The van der Waals surface area contributed by atoms with Crippen molar-refractivity contribution in [2.75, 3.05) is 30.3 Å². The molecule has 1 fully saturated rings. The summed E-state index contributed by atoms with van der Waals surface area (Å²) >= 11 is 7.59. The smallest absolute Gasteiger partial charge is 0.223 e. The number of nitrogens with zero attached hydrogens (tertiary/aromatic N) is 1. The topological polar surface area (TPSA) is 49.4 Å². The molecule has 0 spiro atoms. The van der Waals surface area contributed by atoms with Crippen molar-refractivity contribution in [3.8, 4) is 0 Å². The first-order chi connectivity index (χ1) is 13.2. The van der Waals surface area contributed by atoms with Gasteiger partial charge in [-0.15, -0.1) is 11.8 Å². The van der Waals surface area contributed by atoms with E-state index in [-0.39, 0.29) is 11.8 Å². The van der Waals surface area contributed by atoms with Gasteiger partial charge in [-0.05, 0) is 61.4 Å². The van der Waals surface area contributed by atoms with Crippen LogP contribution in [-0.4, -0.2) is 37.6 Å². The summed E-state index contributed by atoms with van der Waals surface area (Å²) in [6.07, 6.45) is 2.56. The minimum atomic E-state index is 0.0797. The summed E-state index contributed by atoms with van der Waals surface area (Å²) in [5, 5.41) is 3.80. The Morgan fingerprint density at radius 3 is 2.41 bits per heavy atom. The highest BCUT2D eigenvalue weighted by Crippen LogP contribution is 2.24. The van der Waals surface area contributed by atoms with Crippen molar-refractivity contribution < 1.29 is 9.59 Å². The number of amides is 1. The standard InChI is InChI=1S/C21H23ClN2O2S/c22-18-3-7-20(8-4-18)27-14-11-23-21(26)17-9-12-24(13-10-17)19-5-1-16(15-25)2-6-19/h1-8,15,17H,9-14H2,(H,23,26). The molecule has 0 saturated carbocycles. The van der Waals surface area contributed by atoms with E-state index in [9.17, 15) is 9.59 Å². The summed E-state index contributed by atoms with van der Waals surface area (Å²) in [6.45, 7) is 2.38. The summed E-state index contributed by atoms with van der Waals surface area (Å²) < 4.78 is 0. The van der Waals surface area contributed by atoms with Crippen LogP contribution in [0.3, 0.4) is 0 Å². The molecule has 1 heterocycles. The van der Waals surface area contributed by atoms with E-state index in [2.05, 4.69) is 10.2 Å². The van der Waals surface area contributed by atoms with Crippen molar-refractivity contribution in [1.82, 2.24) is 5.32 Å². The van der Waals surface area contributed by atoms with Crippen LogP contribution in [0, 0.1) is 5.92 Å². The van der Waals surface area contributed by atoms with Crippen molar-refractivity contribution in [3.05, 3.63) is 59.1 Å². The molecule has 1 aliphatic rings. The summed E-state index contributed by atoms with van der Waals surface area (Å²) in [4.78, 5) is 26.6. The molecule has 142 valence electrons. The Hall–Kier alpha value is -1.98. The second kappa shape index (κ2) is 9.81. The molecular formula is C21H23ClN2O2S. The SMILES string of the molecule is O=Cc1ccc(N2CCC(C(=O)NCCSc3ccc(Cl)cc3)CC2)cc1. The van der Waals surface area contributed by atoms with Crippen LogP contribution >= 0.6 is 23.4 Å². The van der Waals surface area contributed by atoms with Gasteiger partial charge in [0, 0.05) is 52.5 Å². The molecule has 0 aliphatic carbocycles. The van der Waals surface area contributed by atoms with E-state index in [1.807, 2.05) is 48.5 Å². The Morgan fingerprint density at radius 1 is 1.11 bits per heavy atom. The number of thioether (sulfide) groups is 1. The second-order valence-electron chi connectivity index (χ2n) is 6.56. The Bertz CT molecular complexity index is 757. The Morgan fingerprint density at radius 2 is 1.78 bits per heavy atom. The number of hydrogen-bond acceptors (Lipinski definition) is 4. The molecule has 3 rings (SSSR count). The van der Waals surface area contributed by atoms with Crippen LogP contribution in [0.15, 0.2) is 53.4 Å². The lowest BCUT2D eigenvalue weighted by Gasteiger charge is -2.33. The van der Waals surface area contributed by atoms with Crippen LogP contribution < -0.4 is 10.2 Å². The van der Waals surface area contributed by atoms with Crippen LogP contribution in [0.4, 0.5) is 5.69 Å². The maximum absolute atomic E-state index is 12.4. The van der Waals surface area contributed by atoms with Crippen molar-refractivity contribution in [1.29, 1.82) is 0 Å². The monoisotopic (exact) mass is 402 g/mol. The first-order valence-corrected chi connectivity index (χ1v) is 10.5. The van der Waals surface area contributed by atoms with E-state index >= 15 is 0 Å². The third kappa shape index (κ3) is 5.75. The average molecular weight is 403 g/mol. The fraction of sp³-hybridized carbons (Fsp3) is 0.333. The van der Waals surface area contributed by atoms with Crippen LogP contribution in [0.1, 0.15) is 23.2 Å². The first kappa shape index (κ1) is 19.8. The van der Waals surface area contributed by atoms with Crippen LogP contribution in [0.25, 0.3) is 0 Å². The Balaban J connectivity index is 1.37. The molecular weight excluding hydrogens is 380 g/mol. The third-order valence-corrected chi connectivity index (χ3v) is 6.01. The molecule has 1 N–H and O–H groups in total. The highest BCUT2D eigenvalue weighted by molar-refractivity contribution is 7.99. The zero-order chi connectivity index (χ0) is 19.1. The summed E-state index contributed by atoms with van der Waals surface area (Å²) in [7, 11) is 0. The van der Waals surface area contributed by atoms with E-state index < -0.39 is 0 Å². The minimum Gasteiger partial charge on any atom is -0.371 e. The minimum absolute atomic E-state index is 0.0797. The fourth-order valence-electron chi connectivity index (χ4n) is 3.18. The molecule has 1 saturated heterocycles. The molecule has 2 aromatic rings. The number of carbonyl (C=O) groups is 2. The largest absolute Gasteiger partial charge is 0.371 e. The van der Waals surface area contributed by atoms with Gasteiger partial charge in [0.05, 0.1) is 0 Å². The molecule has 1 amide bonds. The maximum Gasteiger partial charge on any atom is 0.223 e. The number of carbonyl (C=O) groups excluding carboxylic acids is 2. The van der Waals surface area contributed by atoms with E-state index in [1.54, 1.807) is 11.8 Å². The van der Waals surface area contributed by atoms with E-state index in [1.165, 1.54) is 0 Å². The molecule has 6 heteroatoms. The van der Waals surface area contributed by atoms with Gasteiger partial charge < -0.3 is 10.2 Å². The lowest BCUT2D eigenvalue weighted by molar-refractivity contribution is -0.125. The van der Waals surface area contributed by atoms with Gasteiger partial charge in [-0.1, -0.05) is 11.6 Å². The van der Waals surface area contributed by atoms with Gasteiger partial charge in [-0.25, -0.2) is 0 Å². The van der Waals surface area contributed by atoms with Crippen molar-refractivity contribution in [2.45, 2.75) is 17.7 Å². The number of benzene rings is 2. The lowest BCUT2D eigenvalue weighted by atomic mass is 9.95. The number of piperidine rings is 1. The van der Waals surface area contributed by atoms with Gasteiger partial charge in [0.2, 0.25) is 5.91 Å². The van der Waals surface area contributed by atoms with Gasteiger partial charge >= 0.3 is 0 Å². The quantitative estimate of drug-likeness (QED) is 0.426. The molecule has 0 atom stereocenters. The van der Waals surface area contributed by atoms with Gasteiger partial charge in [-0.3, -0.25) is 9.59 Å². The highest BCUT2D eigenvalue weighted by Gasteiger charge is 2.24. The Kier molecular flexibility index (Phi) is 7.18. The molecule has 27 heavy (non-hydrogen) atoms. The van der Waals surface area contributed by atoms with E-state index in [4.69, 9.17) is 11.6 Å². The van der Waals surface area contributed by atoms with Crippen molar-refractivity contribution >= 4 is 41.2 Å². The molecule has 0 unspecified atom stereocenters. The van der Waals surface area contributed by atoms with Gasteiger partial charge in [-0.2, -0.15) is 0 Å². The zero-order valence-electron chi connectivity index (χ0n) is 15.1.